The highest BCUT2D eigenvalue weighted by atomic mass is 16.4. The summed E-state index contributed by atoms with van der Waals surface area (Å²) in [6.45, 7) is 10.8. The number of aromatic nitrogens is 1. The maximum absolute atomic E-state index is 10.5. The van der Waals surface area contributed by atoms with Crippen molar-refractivity contribution >= 4 is 17.9 Å². The maximum Gasteiger partial charge on any atom is 0.328 e. The van der Waals surface area contributed by atoms with Crippen molar-refractivity contribution in [3.8, 4) is 0 Å². The summed E-state index contributed by atoms with van der Waals surface area (Å²) in [4.78, 5) is 17.2. The Morgan fingerprint density at radius 1 is 1.45 bits per heavy atom. The number of nitrogens with zero attached hydrogens (tertiary/aromatic N) is 2. The lowest BCUT2D eigenvalue weighted by Gasteiger charge is -2.36. The Morgan fingerprint density at radius 3 is 2.50 bits per heavy atom. The lowest BCUT2D eigenvalue weighted by molar-refractivity contribution is -0.131. The van der Waals surface area contributed by atoms with Gasteiger partial charge < -0.3 is 10.0 Å². The van der Waals surface area contributed by atoms with Gasteiger partial charge in [-0.3, -0.25) is 0 Å². The van der Waals surface area contributed by atoms with Crippen LogP contribution in [0.15, 0.2) is 18.3 Å². The number of aryl methyl sites for hydroxylation is 1. The Hall–Kier alpha value is -1.84. The molecule has 0 bridgehead atoms. The standard InChI is InChI=1S/C16H24N2O2/c1-11-9-13(7-8-14(19)20)10-17-15(11)18(6)12(2)16(3,4)5/h7-10,12H,1-6H3,(H,19,20)/b8-7+. The summed E-state index contributed by atoms with van der Waals surface area (Å²) < 4.78 is 0. The first-order valence-electron chi connectivity index (χ1n) is 6.73. The van der Waals surface area contributed by atoms with Gasteiger partial charge in [0.2, 0.25) is 0 Å². The van der Waals surface area contributed by atoms with Crippen molar-refractivity contribution in [1.82, 2.24) is 4.98 Å². The minimum absolute atomic E-state index is 0.157. The third-order valence-corrected chi connectivity index (χ3v) is 3.66. The van der Waals surface area contributed by atoms with Crippen molar-refractivity contribution in [3.63, 3.8) is 0 Å². The van der Waals surface area contributed by atoms with E-state index in [0.29, 0.717) is 6.04 Å². The van der Waals surface area contributed by atoms with Crippen molar-refractivity contribution in [2.45, 2.75) is 40.7 Å². The maximum atomic E-state index is 10.5. The molecule has 20 heavy (non-hydrogen) atoms. The molecule has 1 heterocycles. The summed E-state index contributed by atoms with van der Waals surface area (Å²) >= 11 is 0. The number of pyridine rings is 1. The monoisotopic (exact) mass is 276 g/mol. The largest absolute Gasteiger partial charge is 0.478 e. The first-order chi connectivity index (χ1) is 9.12. The summed E-state index contributed by atoms with van der Waals surface area (Å²) in [6, 6.07) is 2.29. The molecule has 1 N–H and O–H groups in total. The molecule has 110 valence electrons. The quantitative estimate of drug-likeness (QED) is 0.857. The Bertz CT molecular complexity index is 516. The number of hydrogen-bond donors (Lipinski definition) is 1. The summed E-state index contributed by atoms with van der Waals surface area (Å²) in [6.07, 6.45) is 4.38. The number of rotatable bonds is 4. The van der Waals surface area contributed by atoms with Crippen LogP contribution in [0.5, 0.6) is 0 Å². The first kappa shape index (κ1) is 16.2. The van der Waals surface area contributed by atoms with E-state index >= 15 is 0 Å². The summed E-state index contributed by atoms with van der Waals surface area (Å²) in [5.74, 6) is -0.0231. The summed E-state index contributed by atoms with van der Waals surface area (Å²) in [5, 5.41) is 8.63. The van der Waals surface area contributed by atoms with Crippen LogP contribution in [0, 0.1) is 12.3 Å². The van der Waals surface area contributed by atoms with Crippen LogP contribution in [0.1, 0.15) is 38.8 Å². The average Bonchev–Trinajstić information content (AvgIpc) is 2.33. The number of aliphatic carboxylic acids is 1. The van der Waals surface area contributed by atoms with E-state index in [1.54, 1.807) is 12.3 Å². The van der Waals surface area contributed by atoms with E-state index in [9.17, 15) is 4.79 Å². The molecule has 0 aliphatic heterocycles. The van der Waals surface area contributed by atoms with Crippen LogP contribution >= 0.6 is 0 Å². The van der Waals surface area contributed by atoms with Gasteiger partial charge >= 0.3 is 5.97 Å². The molecule has 0 saturated carbocycles. The highest BCUT2D eigenvalue weighted by Crippen LogP contribution is 2.28. The molecule has 0 fully saturated rings. The van der Waals surface area contributed by atoms with Crippen molar-refractivity contribution < 1.29 is 9.90 Å². The van der Waals surface area contributed by atoms with Crippen LogP contribution in [-0.4, -0.2) is 29.1 Å². The van der Waals surface area contributed by atoms with E-state index in [0.717, 1.165) is 23.0 Å². The predicted molar refractivity (Wildman–Crippen MR) is 83.0 cm³/mol. The SMILES string of the molecule is Cc1cc(/C=C/C(=O)O)cnc1N(C)C(C)C(C)(C)C. The van der Waals surface area contributed by atoms with Gasteiger partial charge in [-0.1, -0.05) is 20.8 Å². The number of carboxylic acid groups (broad SMARTS) is 1. The number of carboxylic acids is 1. The minimum atomic E-state index is -0.954. The van der Waals surface area contributed by atoms with Gasteiger partial charge in [0.1, 0.15) is 5.82 Å². The Labute approximate surface area is 121 Å². The topological polar surface area (TPSA) is 53.4 Å². The molecule has 0 spiro atoms. The average molecular weight is 276 g/mol. The minimum Gasteiger partial charge on any atom is -0.478 e. The molecule has 1 aromatic rings. The van der Waals surface area contributed by atoms with Crippen LogP contribution in [0.2, 0.25) is 0 Å². The smallest absolute Gasteiger partial charge is 0.328 e. The molecular formula is C16H24N2O2. The predicted octanol–water partition coefficient (Wildman–Crippen LogP) is 3.36. The lowest BCUT2D eigenvalue weighted by Crippen LogP contribution is -2.40. The molecule has 1 unspecified atom stereocenters. The van der Waals surface area contributed by atoms with Crippen LogP contribution < -0.4 is 4.90 Å². The van der Waals surface area contributed by atoms with E-state index in [1.165, 1.54) is 0 Å². The molecule has 4 heteroatoms. The number of carbonyl (C=O) groups is 1. The molecule has 1 rings (SSSR count). The molecular weight excluding hydrogens is 252 g/mol. The van der Waals surface area contributed by atoms with Gasteiger partial charge in [-0.2, -0.15) is 0 Å². The normalized spacial score (nSPS) is 13.5. The molecule has 4 nitrogen and oxygen atoms in total. The van der Waals surface area contributed by atoms with Crippen LogP contribution in [-0.2, 0) is 4.79 Å². The third kappa shape index (κ3) is 4.08. The van der Waals surface area contributed by atoms with Crippen molar-refractivity contribution in [2.24, 2.45) is 5.41 Å². The van der Waals surface area contributed by atoms with Crippen molar-refractivity contribution in [2.75, 3.05) is 11.9 Å². The van der Waals surface area contributed by atoms with E-state index in [1.807, 2.05) is 20.0 Å². The Kier molecular flexibility index (Phi) is 4.93. The van der Waals surface area contributed by atoms with Crippen molar-refractivity contribution in [1.29, 1.82) is 0 Å². The fraction of sp³-hybridized carbons (Fsp3) is 0.500. The molecule has 1 atom stereocenters. The van der Waals surface area contributed by atoms with Gasteiger partial charge in [-0.15, -0.1) is 0 Å². The Morgan fingerprint density at radius 2 is 2.05 bits per heavy atom. The van der Waals surface area contributed by atoms with Crippen molar-refractivity contribution in [3.05, 3.63) is 29.5 Å². The molecule has 0 aliphatic rings. The van der Waals surface area contributed by atoms with E-state index in [-0.39, 0.29) is 5.41 Å². The number of hydrogen-bond acceptors (Lipinski definition) is 3. The lowest BCUT2D eigenvalue weighted by atomic mass is 9.87. The van der Waals surface area contributed by atoms with Gasteiger partial charge in [0, 0.05) is 25.4 Å². The fourth-order valence-corrected chi connectivity index (χ4v) is 1.98. The molecule has 0 amide bonds. The molecule has 0 radical (unpaired) electrons. The van der Waals surface area contributed by atoms with E-state index in [4.69, 9.17) is 5.11 Å². The van der Waals surface area contributed by atoms with Gasteiger partial charge in [-0.25, -0.2) is 9.78 Å². The second-order valence-electron chi connectivity index (χ2n) is 6.23. The third-order valence-electron chi connectivity index (χ3n) is 3.66. The van der Waals surface area contributed by atoms with Gasteiger partial charge in [0.25, 0.3) is 0 Å². The van der Waals surface area contributed by atoms with Crippen LogP contribution in [0.3, 0.4) is 0 Å². The Balaban J connectivity index is 3.01. The molecule has 0 aromatic carbocycles. The van der Waals surface area contributed by atoms with E-state index in [2.05, 4.69) is 37.6 Å². The second kappa shape index (κ2) is 6.07. The summed E-state index contributed by atoms with van der Waals surface area (Å²) in [5.41, 5.74) is 1.99. The zero-order valence-electron chi connectivity index (χ0n) is 13.1. The number of anilines is 1. The molecule has 0 aliphatic carbocycles. The van der Waals surface area contributed by atoms with E-state index < -0.39 is 5.97 Å². The van der Waals surface area contributed by atoms with Gasteiger partial charge in [-0.05, 0) is 42.5 Å². The second-order valence-corrected chi connectivity index (χ2v) is 6.23. The molecule has 1 aromatic heterocycles. The van der Waals surface area contributed by atoms with Gasteiger partial charge in [0.15, 0.2) is 0 Å². The zero-order chi connectivity index (χ0) is 15.5. The first-order valence-corrected chi connectivity index (χ1v) is 6.73. The highest BCUT2D eigenvalue weighted by Gasteiger charge is 2.25. The van der Waals surface area contributed by atoms with Crippen LogP contribution in [0.4, 0.5) is 5.82 Å². The summed E-state index contributed by atoms with van der Waals surface area (Å²) in [7, 11) is 2.04. The highest BCUT2D eigenvalue weighted by molar-refractivity contribution is 5.85. The van der Waals surface area contributed by atoms with Crippen LogP contribution in [0.25, 0.3) is 6.08 Å². The molecule has 0 saturated heterocycles. The fourth-order valence-electron chi connectivity index (χ4n) is 1.98. The zero-order valence-corrected chi connectivity index (χ0v) is 13.1. The van der Waals surface area contributed by atoms with Gasteiger partial charge in [0.05, 0.1) is 0 Å².